The lowest BCUT2D eigenvalue weighted by Gasteiger charge is -2.63. The average Bonchev–Trinajstić information content (AvgIpc) is 3.59. The Kier molecular flexibility index (Phi) is 10.0. The Morgan fingerprint density at radius 3 is 2.30 bits per heavy atom. The second-order valence-corrected chi connectivity index (χ2v) is 16.7. The molecular weight excluding hydrogens is 656 g/mol. The fraction of sp³-hybridized carbons (Fsp3) is 0.917. The van der Waals surface area contributed by atoms with E-state index in [0.717, 1.165) is 50.5 Å². The fourth-order valence-corrected chi connectivity index (χ4v) is 11.7. The van der Waals surface area contributed by atoms with Crippen LogP contribution < -0.4 is 0 Å². The van der Waals surface area contributed by atoms with E-state index in [-0.39, 0.29) is 41.8 Å². The van der Waals surface area contributed by atoms with E-state index in [2.05, 4.69) is 13.8 Å². The molecule has 3 heterocycles. The number of ether oxygens (including phenoxy) is 6. The Labute approximate surface area is 292 Å². The van der Waals surface area contributed by atoms with Gasteiger partial charge in [0.05, 0.1) is 30.5 Å². The molecule has 3 aliphatic heterocycles. The number of cyclic esters (lactones) is 1. The van der Waals surface area contributed by atoms with Gasteiger partial charge in [-0.25, -0.2) is 4.79 Å². The Bertz CT molecular complexity index is 1300. The first kappa shape index (κ1) is 37.1. The summed E-state index contributed by atoms with van der Waals surface area (Å²) in [4.78, 5) is 11.9. The topological polar surface area (TPSA) is 214 Å². The van der Waals surface area contributed by atoms with Gasteiger partial charge in [0.2, 0.25) is 0 Å². The second kappa shape index (κ2) is 13.5. The smallest absolute Gasteiger partial charge is 0.331 e. The van der Waals surface area contributed by atoms with Crippen LogP contribution in [0.4, 0.5) is 0 Å². The van der Waals surface area contributed by atoms with Crippen LogP contribution in [0.25, 0.3) is 0 Å². The largest absolute Gasteiger partial charge is 0.458 e. The lowest BCUT2D eigenvalue weighted by Crippen LogP contribution is -2.64. The van der Waals surface area contributed by atoms with Gasteiger partial charge in [-0.2, -0.15) is 0 Å². The van der Waals surface area contributed by atoms with Crippen LogP contribution in [-0.4, -0.2) is 141 Å². The predicted octanol–water partition coefficient (Wildman–Crippen LogP) is -0.0948. The van der Waals surface area contributed by atoms with Crippen molar-refractivity contribution in [1.29, 1.82) is 0 Å². The van der Waals surface area contributed by atoms with Crippen LogP contribution in [0.5, 0.6) is 0 Å². The first-order valence-electron chi connectivity index (χ1n) is 18.4. The van der Waals surface area contributed by atoms with E-state index in [0.29, 0.717) is 12.3 Å². The molecule has 0 bridgehead atoms. The SMILES string of the molecule is CO[C@@H]1[C@@H](O)[C@H](O[C@H]2CC[C@@]3(C)[C@H](CC[C@@H]4[C@@H]3CC[C@]3(C)[C@H](C5=CC(=O)OC5)[C@@H](O)C[C@]43O)C2)O[C@H](C)[C@H]1O[C@@H]1O[C@H](CO)[C@@H](O)[C@H](O)[C@H]1O. The zero-order chi connectivity index (χ0) is 35.9. The van der Waals surface area contributed by atoms with E-state index < -0.39 is 85.1 Å². The molecule has 19 atom stereocenters. The summed E-state index contributed by atoms with van der Waals surface area (Å²) in [6, 6.07) is 0. The number of rotatable bonds is 7. The van der Waals surface area contributed by atoms with Gasteiger partial charge in [-0.1, -0.05) is 13.8 Å². The molecule has 0 aromatic carbocycles. The summed E-state index contributed by atoms with van der Waals surface area (Å²) in [6.45, 7) is 5.74. The number of esters is 1. The number of fused-ring (bicyclic) bond motifs is 5. The summed E-state index contributed by atoms with van der Waals surface area (Å²) in [5, 5.41) is 75.7. The molecule has 0 amide bonds. The minimum absolute atomic E-state index is 0.0330. The monoisotopic (exact) mass is 712 g/mol. The van der Waals surface area contributed by atoms with Crippen molar-refractivity contribution in [3.63, 3.8) is 0 Å². The maximum atomic E-state index is 12.5. The molecule has 0 radical (unpaired) electrons. The third-order valence-electron chi connectivity index (χ3n) is 14.4. The van der Waals surface area contributed by atoms with Crippen molar-refractivity contribution in [3.8, 4) is 0 Å². The maximum absolute atomic E-state index is 12.5. The highest BCUT2D eigenvalue weighted by atomic mass is 16.7. The van der Waals surface area contributed by atoms with Gasteiger partial charge in [0.15, 0.2) is 12.6 Å². The molecule has 7 aliphatic rings. The molecule has 4 aliphatic carbocycles. The third-order valence-corrected chi connectivity index (χ3v) is 14.4. The Morgan fingerprint density at radius 2 is 1.62 bits per heavy atom. The van der Waals surface area contributed by atoms with Crippen molar-refractivity contribution in [2.24, 2.45) is 34.5 Å². The van der Waals surface area contributed by atoms with Crippen LogP contribution in [0.3, 0.4) is 0 Å². The molecule has 0 unspecified atom stereocenters. The van der Waals surface area contributed by atoms with Crippen LogP contribution in [0.1, 0.15) is 72.1 Å². The molecule has 6 fully saturated rings. The average molecular weight is 713 g/mol. The fourth-order valence-electron chi connectivity index (χ4n) is 11.7. The summed E-state index contributed by atoms with van der Waals surface area (Å²) in [7, 11) is 1.42. The third kappa shape index (κ3) is 5.72. The summed E-state index contributed by atoms with van der Waals surface area (Å²) in [5.74, 6) is -0.0506. The van der Waals surface area contributed by atoms with Crippen LogP contribution in [0, 0.1) is 34.5 Å². The molecule has 7 N–H and O–H groups in total. The minimum atomic E-state index is -1.61. The van der Waals surface area contributed by atoms with E-state index >= 15 is 0 Å². The molecule has 7 rings (SSSR count). The van der Waals surface area contributed by atoms with Crippen molar-refractivity contribution in [1.82, 2.24) is 0 Å². The highest BCUT2D eigenvalue weighted by Gasteiger charge is 2.70. The lowest BCUT2D eigenvalue weighted by molar-refractivity contribution is -0.362. The van der Waals surface area contributed by atoms with Crippen LogP contribution in [0.2, 0.25) is 0 Å². The van der Waals surface area contributed by atoms with Gasteiger partial charge in [0, 0.05) is 30.9 Å². The summed E-state index contributed by atoms with van der Waals surface area (Å²) in [5.41, 5.74) is -0.841. The summed E-state index contributed by atoms with van der Waals surface area (Å²) in [6.07, 6.45) is -5.43. The molecule has 2 saturated heterocycles. The quantitative estimate of drug-likeness (QED) is 0.136. The van der Waals surface area contributed by atoms with Crippen molar-refractivity contribution >= 4 is 5.97 Å². The van der Waals surface area contributed by atoms with Crippen molar-refractivity contribution in [3.05, 3.63) is 11.6 Å². The highest BCUT2D eigenvalue weighted by molar-refractivity contribution is 5.85. The second-order valence-electron chi connectivity index (χ2n) is 16.7. The number of aliphatic hydroxyl groups excluding tert-OH is 6. The molecule has 50 heavy (non-hydrogen) atoms. The van der Waals surface area contributed by atoms with Gasteiger partial charge in [0.25, 0.3) is 0 Å². The van der Waals surface area contributed by atoms with Crippen molar-refractivity contribution in [2.75, 3.05) is 20.3 Å². The minimum Gasteiger partial charge on any atom is -0.458 e. The van der Waals surface area contributed by atoms with E-state index in [4.69, 9.17) is 28.4 Å². The number of methoxy groups -OCH3 is 1. The first-order chi connectivity index (χ1) is 23.7. The molecule has 284 valence electrons. The van der Waals surface area contributed by atoms with Gasteiger partial charge in [-0.3, -0.25) is 0 Å². The zero-order valence-corrected chi connectivity index (χ0v) is 29.4. The number of hydrogen-bond acceptors (Lipinski definition) is 14. The molecule has 14 nitrogen and oxygen atoms in total. The molecule has 0 spiro atoms. The maximum Gasteiger partial charge on any atom is 0.331 e. The van der Waals surface area contributed by atoms with Gasteiger partial charge < -0.3 is 64.2 Å². The number of carbonyl (C=O) groups excluding carboxylic acids is 1. The van der Waals surface area contributed by atoms with E-state index in [1.807, 2.05) is 0 Å². The molecule has 0 aromatic heterocycles. The van der Waals surface area contributed by atoms with Crippen molar-refractivity contribution in [2.45, 2.75) is 151 Å². The van der Waals surface area contributed by atoms with Crippen LogP contribution >= 0.6 is 0 Å². The lowest BCUT2D eigenvalue weighted by atomic mass is 9.43. The van der Waals surface area contributed by atoms with E-state index in [1.165, 1.54) is 13.2 Å². The Morgan fingerprint density at radius 1 is 0.880 bits per heavy atom. The van der Waals surface area contributed by atoms with Crippen molar-refractivity contribution < 1.29 is 69.0 Å². The number of aliphatic hydroxyl groups is 7. The Balaban J connectivity index is 1.000. The summed E-state index contributed by atoms with van der Waals surface area (Å²) >= 11 is 0. The molecular formula is C36H56O14. The van der Waals surface area contributed by atoms with Gasteiger partial charge in [0.1, 0.15) is 49.3 Å². The summed E-state index contributed by atoms with van der Waals surface area (Å²) < 4.78 is 35.0. The molecule has 14 heteroatoms. The van der Waals surface area contributed by atoms with Gasteiger partial charge >= 0.3 is 5.97 Å². The zero-order valence-electron chi connectivity index (χ0n) is 29.4. The van der Waals surface area contributed by atoms with Crippen LogP contribution in [-0.2, 0) is 33.2 Å². The van der Waals surface area contributed by atoms with E-state index in [1.54, 1.807) is 6.92 Å². The normalized spacial score (nSPS) is 55.1. The highest BCUT2D eigenvalue weighted by Crippen LogP contribution is 2.70. The molecule has 0 aromatic rings. The standard InChI is InChI=1S/C36H56O14/c1-16-30(50-32-28(42)27(41)26(40)23(14-37)49-32)31(45-4)29(43)33(47-16)48-19-7-9-34(2)18(12-19)5-6-21-20(34)8-10-35(3)25(17-11-24(39)46-15-17)22(38)13-36(21,35)44/h11,16,18-23,25-33,37-38,40-44H,5-10,12-15H2,1-4H3/t16-,18-,19+,20+,21-,22+,23-,25-,26-,27+,28-,29-,30-,31-,32+,33+,34+,35-,36+/m1/s1. The number of carbonyl (C=O) groups is 1. The Hall–Kier alpha value is -1.27. The van der Waals surface area contributed by atoms with Gasteiger partial charge in [-0.05, 0) is 80.6 Å². The van der Waals surface area contributed by atoms with Gasteiger partial charge in [-0.15, -0.1) is 0 Å². The first-order valence-corrected chi connectivity index (χ1v) is 18.4. The van der Waals surface area contributed by atoms with E-state index in [9.17, 15) is 40.5 Å². The molecule has 4 saturated carbocycles. The van der Waals surface area contributed by atoms with Crippen LogP contribution in [0.15, 0.2) is 11.6 Å². The predicted molar refractivity (Wildman–Crippen MR) is 172 cm³/mol. The number of hydrogen-bond donors (Lipinski definition) is 7.